The average Bonchev–Trinajstić information content (AvgIpc) is 3.19. The van der Waals surface area contributed by atoms with E-state index in [0.717, 1.165) is 51.3 Å². The molecule has 1 aromatic heterocycles. The molecular formula is C28H32N2O6. The maximum atomic E-state index is 13.7. The van der Waals surface area contributed by atoms with Crippen molar-refractivity contribution in [2.75, 3.05) is 53.1 Å². The summed E-state index contributed by atoms with van der Waals surface area (Å²) in [5.74, 6) is 1.07. The molecule has 0 bridgehead atoms. The van der Waals surface area contributed by atoms with Crippen molar-refractivity contribution in [3.63, 3.8) is 0 Å². The number of carbonyl (C=O) groups excluding carboxylic acids is 1. The van der Waals surface area contributed by atoms with Crippen LogP contribution in [0.5, 0.6) is 11.5 Å². The molecule has 0 N–H and O–H groups in total. The molecule has 2 aliphatic heterocycles. The van der Waals surface area contributed by atoms with E-state index < -0.39 is 6.04 Å². The summed E-state index contributed by atoms with van der Waals surface area (Å²) in [6.07, 6.45) is 1.65. The predicted octanol–water partition coefficient (Wildman–Crippen LogP) is 3.86. The summed E-state index contributed by atoms with van der Waals surface area (Å²) < 4.78 is 22.9. The van der Waals surface area contributed by atoms with E-state index in [0.29, 0.717) is 41.2 Å². The average molecular weight is 493 g/mol. The number of morpholine rings is 1. The van der Waals surface area contributed by atoms with E-state index in [1.807, 2.05) is 25.1 Å². The van der Waals surface area contributed by atoms with Gasteiger partial charge < -0.3 is 23.5 Å². The molecule has 1 atom stereocenters. The van der Waals surface area contributed by atoms with Gasteiger partial charge in [0, 0.05) is 26.2 Å². The van der Waals surface area contributed by atoms with Crippen LogP contribution in [-0.4, -0.2) is 68.8 Å². The first kappa shape index (κ1) is 24.3. The van der Waals surface area contributed by atoms with Crippen LogP contribution in [0, 0.1) is 0 Å². The molecule has 8 heteroatoms. The Kier molecular flexibility index (Phi) is 7.25. The van der Waals surface area contributed by atoms with Gasteiger partial charge in [0.05, 0.1) is 43.9 Å². The zero-order valence-corrected chi connectivity index (χ0v) is 20.8. The largest absolute Gasteiger partial charge is 0.493 e. The molecule has 36 heavy (non-hydrogen) atoms. The first-order valence-electron chi connectivity index (χ1n) is 12.6. The highest BCUT2D eigenvalue weighted by atomic mass is 16.5. The SMILES string of the molecule is CCCOc1ccc(C2c3c(oc4ccccc4c3=O)C(=O)N2CCCN2CCOCC2)cc1OC. The monoisotopic (exact) mass is 492 g/mol. The van der Waals surface area contributed by atoms with Crippen molar-refractivity contribution in [1.82, 2.24) is 9.80 Å². The molecule has 0 radical (unpaired) electrons. The Labute approximate surface area is 210 Å². The lowest BCUT2D eigenvalue weighted by molar-refractivity contribution is 0.0353. The van der Waals surface area contributed by atoms with Gasteiger partial charge in [0.25, 0.3) is 5.91 Å². The third-order valence-corrected chi connectivity index (χ3v) is 6.82. The molecule has 5 rings (SSSR count). The minimum Gasteiger partial charge on any atom is -0.493 e. The Bertz CT molecular complexity index is 1300. The fourth-order valence-electron chi connectivity index (χ4n) is 5.02. The number of hydrogen-bond donors (Lipinski definition) is 0. The van der Waals surface area contributed by atoms with Crippen molar-refractivity contribution in [2.24, 2.45) is 0 Å². The third-order valence-electron chi connectivity index (χ3n) is 6.82. The van der Waals surface area contributed by atoms with E-state index in [2.05, 4.69) is 4.90 Å². The van der Waals surface area contributed by atoms with E-state index in [1.165, 1.54) is 0 Å². The summed E-state index contributed by atoms with van der Waals surface area (Å²) in [4.78, 5) is 31.4. The first-order chi connectivity index (χ1) is 17.6. The lowest BCUT2D eigenvalue weighted by Crippen LogP contribution is -2.38. The number of hydrogen-bond acceptors (Lipinski definition) is 7. The normalized spacial score (nSPS) is 18.0. The zero-order chi connectivity index (χ0) is 25.1. The van der Waals surface area contributed by atoms with E-state index in [4.69, 9.17) is 18.6 Å². The lowest BCUT2D eigenvalue weighted by atomic mass is 9.98. The summed E-state index contributed by atoms with van der Waals surface area (Å²) in [6, 6.07) is 12.1. The second-order valence-electron chi connectivity index (χ2n) is 9.14. The molecule has 1 saturated heterocycles. The van der Waals surface area contributed by atoms with Crippen molar-refractivity contribution in [3.8, 4) is 11.5 Å². The second-order valence-corrected chi connectivity index (χ2v) is 9.14. The molecule has 3 aromatic rings. The maximum Gasteiger partial charge on any atom is 0.290 e. The molecule has 3 heterocycles. The molecule has 1 amide bonds. The van der Waals surface area contributed by atoms with Crippen LogP contribution in [0.2, 0.25) is 0 Å². The molecular weight excluding hydrogens is 460 g/mol. The fraction of sp³-hybridized carbons (Fsp3) is 0.429. The number of methoxy groups -OCH3 is 1. The number of fused-ring (bicyclic) bond motifs is 2. The smallest absolute Gasteiger partial charge is 0.290 e. The van der Waals surface area contributed by atoms with Gasteiger partial charge in [-0.25, -0.2) is 0 Å². The Morgan fingerprint density at radius 2 is 1.83 bits per heavy atom. The van der Waals surface area contributed by atoms with Gasteiger partial charge >= 0.3 is 0 Å². The van der Waals surface area contributed by atoms with Gasteiger partial charge in [-0.05, 0) is 42.7 Å². The van der Waals surface area contributed by atoms with Crippen LogP contribution in [0.1, 0.15) is 47.5 Å². The number of nitrogens with zero attached hydrogens (tertiary/aromatic N) is 2. The Morgan fingerprint density at radius 1 is 1.03 bits per heavy atom. The highest BCUT2D eigenvalue weighted by Crippen LogP contribution is 2.41. The van der Waals surface area contributed by atoms with Crippen molar-refractivity contribution in [1.29, 1.82) is 0 Å². The van der Waals surface area contributed by atoms with Crippen molar-refractivity contribution in [3.05, 3.63) is 69.6 Å². The van der Waals surface area contributed by atoms with Crippen LogP contribution in [0.3, 0.4) is 0 Å². The van der Waals surface area contributed by atoms with Crippen molar-refractivity contribution < 1.29 is 23.4 Å². The van der Waals surface area contributed by atoms with Crippen LogP contribution in [-0.2, 0) is 4.74 Å². The van der Waals surface area contributed by atoms with E-state index in [1.54, 1.807) is 36.3 Å². The number of carbonyl (C=O) groups is 1. The fourth-order valence-corrected chi connectivity index (χ4v) is 5.02. The van der Waals surface area contributed by atoms with Crippen LogP contribution >= 0.6 is 0 Å². The lowest BCUT2D eigenvalue weighted by Gasteiger charge is -2.29. The van der Waals surface area contributed by atoms with Gasteiger partial charge in [0.15, 0.2) is 16.9 Å². The number of amides is 1. The molecule has 0 aliphatic carbocycles. The van der Waals surface area contributed by atoms with E-state index in [9.17, 15) is 9.59 Å². The van der Waals surface area contributed by atoms with Crippen LogP contribution in [0.4, 0.5) is 0 Å². The summed E-state index contributed by atoms with van der Waals surface area (Å²) >= 11 is 0. The Balaban J connectivity index is 1.53. The number of rotatable bonds is 9. The minimum absolute atomic E-state index is 0.125. The topological polar surface area (TPSA) is 81.5 Å². The zero-order valence-electron chi connectivity index (χ0n) is 20.8. The predicted molar refractivity (Wildman–Crippen MR) is 136 cm³/mol. The van der Waals surface area contributed by atoms with Gasteiger partial charge in [-0.1, -0.05) is 25.1 Å². The Hall–Kier alpha value is -3.36. The highest BCUT2D eigenvalue weighted by Gasteiger charge is 2.42. The third kappa shape index (κ3) is 4.58. The summed E-state index contributed by atoms with van der Waals surface area (Å²) in [7, 11) is 1.59. The van der Waals surface area contributed by atoms with Crippen LogP contribution in [0.25, 0.3) is 11.0 Å². The molecule has 0 saturated carbocycles. The summed E-state index contributed by atoms with van der Waals surface area (Å²) in [5.41, 5.74) is 1.42. The van der Waals surface area contributed by atoms with Gasteiger partial charge in [0.2, 0.25) is 5.76 Å². The van der Waals surface area contributed by atoms with E-state index in [-0.39, 0.29) is 17.1 Å². The van der Waals surface area contributed by atoms with Gasteiger partial charge in [0.1, 0.15) is 5.58 Å². The summed E-state index contributed by atoms with van der Waals surface area (Å²) in [5, 5.41) is 0.471. The molecule has 0 spiro atoms. The van der Waals surface area contributed by atoms with E-state index >= 15 is 0 Å². The minimum atomic E-state index is -0.563. The first-order valence-corrected chi connectivity index (χ1v) is 12.6. The molecule has 190 valence electrons. The number of para-hydroxylation sites is 1. The van der Waals surface area contributed by atoms with Gasteiger partial charge in [-0.2, -0.15) is 0 Å². The Morgan fingerprint density at radius 3 is 2.61 bits per heavy atom. The second kappa shape index (κ2) is 10.7. The van der Waals surface area contributed by atoms with Crippen LogP contribution < -0.4 is 14.9 Å². The number of ether oxygens (including phenoxy) is 3. The quantitative estimate of drug-likeness (QED) is 0.449. The molecule has 2 aliphatic rings. The van der Waals surface area contributed by atoms with Gasteiger partial charge in [-0.3, -0.25) is 14.5 Å². The van der Waals surface area contributed by atoms with Crippen molar-refractivity contribution in [2.45, 2.75) is 25.8 Å². The van der Waals surface area contributed by atoms with Gasteiger partial charge in [-0.15, -0.1) is 0 Å². The molecule has 1 unspecified atom stereocenters. The molecule has 1 fully saturated rings. The number of benzene rings is 2. The standard InChI is InChI=1S/C28H32N2O6/c1-3-15-35-22-10-9-19(18-23(22)33-2)25-24-26(31)20-7-4-5-8-21(20)36-27(24)28(32)30(25)12-6-11-29-13-16-34-17-14-29/h4-5,7-10,18,25H,3,6,11-17H2,1-2H3. The summed E-state index contributed by atoms with van der Waals surface area (Å²) in [6.45, 7) is 7.20. The highest BCUT2D eigenvalue weighted by molar-refractivity contribution is 5.99. The molecule has 2 aromatic carbocycles. The van der Waals surface area contributed by atoms with Crippen molar-refractivity contribution >= 4 is 16.9 Å². The maximum absolute atomic E-state index is 13.7. The van der Waals surface area contributed by atoms with Crippen LogP contribution in [0.15, 0.2) is 51.7 Å². The molecule has 8 nitrogen and oxygen atoms in total.